The Morgan fingerprint density at radius 1 is 0.833 bits per heavy atom. The lowest BCUT2D eigenvalue weighted by Gasteiger charge is -2.02. The van der Waals surface area contributed by atoms with Crippen molar-refractivity contribution in [1.82, 2.24) is 12.3 Å². The third-order valence-electron chi connectivity index (χ3n) is 1.65. The molecule has 0 radical (unpaired) electrons. The highest BCUT2D eigenvalue weighted by atomic mass is 35.5. The fourth-order valence-corrected chi connectivity index (χ4v) is 1.16. The minimum atomic E-state index is 0. The van der Waals surface area contributed by atoms with Gasteiger partial charge in [-0.2, -0.15) is 0 Å². The molecule has 4 heteroatoms. The van der Waals surface area contributed by atoms with Gasteiger partial charge in [0.2, 0.25) is 0 Å². The van der Waals surface area contributed by atoms with Gasteiger partial charge in [0.1, 0.15) is 0 Å². The molecule has 70 valence electrons. The molecule has 12 heavy (non-hydrogen) atoms. The highest BCUT2D eigenvalue weighted by molar-refractivity contribution is 6.34. The first-order chi connectivity index (χ1) is 4.63. The van der Waals surface area contributed by atoms with Crippen molar-refractivity contribution in [3.05, 3.63) is 33.3 Å². The standard InChI is InChI=1S/C8H8Cl2.2H3N/c1-5-6(2)8(10)4-3-7(5)9;;/h3-4H,1-2H3;2*1H3. The van der Waals surface area contributed by atoms with Gasteiger partial charge in [-0.05, 0) is 37.1 Å². The first-order valence-electron chi connectivity index (χ1n) is 3.04. The van der Waals surface area contributed by atoms with Crippen LogP contribution in [0.5, 0.6) is 0 Å². The molecule has 0 aliphatic rings. The van der Waals surface area contributed by atoms with Crippen LogP contribution in [0, 0.1) is 13.8 Å². The summed E-state index contributed by atoms with van der Waals surface area (Å²) in [5, 5.41) is 1.56. The van der Waals surface area contributed by atoms with E-state index < -0.39 is 0 Å². The molecule has 0 saturated heterocycles. The Labute approximate surface area is 83.0 Å². The third kappa shape index (κ3) is 2.64. The zero-order valence-corrected chi connectivity index (χ0v) is 8.84. The predicted octanol–water partition coefficient (Wildman–Crippen LogP) is 3.93. The fourth-order valence-electron chi connectivity index (χ4n) is 0.755. The molecule has 0 atom stereocenters. The van der Waals surface area contributed by atoms with E-state index in [2.05, 4.69) is 0 Å². The molecule has 0 aliphatic heterocycles. The lowest BCUT2D eigenvalue weighted by molar-refractivity contribution is 1.34. The van der Waals surface area contributed by atoms with Crippen molar-refractivity contribution in [2.75, 3.05) is 0 Å². The first-order valence-corrected chi connectivity index (χ1v) is 3.79. The zero-order valence-electron chi connectivity index (χ0n) is 7.32. The monoisotopic (exact) mass is 208 g/mol. The minimum absolute atomic E-state index is 0. The van der Waals surface area contributed by atoms with Gasteiger partial charge < -0.3 is 12.3 Å². The number of hydrogen-bond acceptors (Lipinski definition) is 2. The van der Waals surface area contributed by atoms with Gasteiger partial charge in [0.15, 0.2) is 0 Å². The van der Waals surface area contributed by atoms with Crippen molar-refractivity contribution in [2.24, 2.45) is 0 Å². The van der Waals surface area contributed by atoms with E-state index >= 15 is 0 Å². The van der Waals surface area contributed by atoms with Crippen LogP contribution < -0.4 is 12.3 Å². The average molecular weight is 209 g/mol. The second-order valence-corrected chi connectivity index (χ2v) is 3.09. The van der Waals surface area contributed by atoms with Gasteiger partial charge in [0.05, 0.1) is 0 Å². The number of benzene rings is 1. The second-order valence-electron chi connectivity index (χ2n) is 2.28. The second kappa shape index (κ2) is 5.38. The average Bonchev–Trinajstić information content (AvgIpc) is 1.93. The molecule has 0 aliphatic carbocycles. The summed E-state index contributed by atoms with van der Waals surface area (Å²) >= 11 is 11.7. The lowest BCUT2D eigenvalue weighted by Crippen LogP contribution is -1.82. The topological polar surface area (TPSA) is 70.0 Å². The maximum absolute atomic E-state index is 5.83. The van der Waals surface area contributed by atoms with Crippen LogP contribution in [0.1, 0.15) is 11.1 Å². The van der Waals surface area contributed by atoms with Gasteiger partial charge in [-0.15, -0.1) is 0 Å². The van der Waals surface area contributed by atoms with Crippen LogP contribution in [0.15, 0.2) is 12.1 Å². The van der Waals surface area contributed by atoms with Crippen molar-refractivity contribution in [3.8, 4) is 0 Å². The Kier molecular flexibility index (Phi) is 6.39. The van der Waals surface area contributed by atoms with Gasteiger partial charge in [-0.25, -0.2) is 0 Å². The molecular formula is C8H14Cl2N2. The van der Waals surface area contributed by atoms with Crippen molar-refractivity contribution in [2.45, 2.75) is 13.8 Å². The van der Waals surface area contributed by atoms with Crippen molar-refractivity contribution in [3.63, 3.8) is 0 Å². The molecular weight excluding hydrogens is 195 g/mol. The van der Waals surface area contributed by atoms with E-state index in [0.29, 0.717) is 0 Å². The van der Waals surface area contributed by atoms with E-state index in [0.717, 1.165) is 21.2 Å². The Hall–Kier alpha value is -0.280. The molecule has 6 N–H and O–H groups in total. The molecule has 0 heterocycles. The summed E-state index contributed by atoms with van der Waals surface area (Å²) in [6.07, 6.45) is 0. The van der Waals surface area contributed by atoms with Crippen LogP contribution in [0.2, 0.25) is 10.0 Å². The fraction of sp³-hybridized carbons (Fsp3) is 0.250. The number of rotatable bonds is 0. The normalized spacial score (nSPS) is 8.33. The van der Waals surface area contributed by atoms with Crippen molar-refractivity contribution >= 4 is 23.2 Å². The molecule has 0 amide bonds. The van der Waals surface area contributed by atoms with Crippen molar-refractivity contribution < 1.29 is 0 Å². The molecule has 1 rings (SSSR count). The molecule has 0 fully saturated rings. The van der Waals surface area contributed by atoms with Crippen molar-refractivity contribution in [1.29, 1.82) is 0 Å². The Morgan fingerprint density at radius 3 is 1.33 bits per heavy atom. The molecule has 0 unspecified atom stereocenters. The van der Waals surface area contributed by atoms with E-state index in [1.807, 2.05) is 26.0 Å². The van der Waals surface area contributed by atoms with E-state index in [1.54, 1.807) is 0 Å². The summed E-state index contributed by atoms with van der Waals surface area (Å²) in [5.74, 6) is 0. The summed E-state index contributed by atoms with van der Waals surface area (Å²) in [6.45, 7) is 3.92. The van der Waals surface area contributed by atoms with Gasteiger partial charge in [-0.1, -0.05) is 23.2 Å². The molecule has 0 saturated carbocycles. The summed E-state index contributed by atoms with van der Waals surface area (Å²) in [6, 6.07) is 3.62. The molecule has 0 bridgehead atoms. The molecule has 1 aromatic rings. The van der Waals surface area contributed by atoms with Crippen LogP contribution >= 0.6 is 23.2 Å². The number of halogens is 2. The minimum Gasteiger partial charge on any atom is -0.344 e. The summed E-state index contributed by atoms with van der Waals surface area (Å²) in [5.41, 5.74) is 2.13. The van der Waals surface area contributed by atoms with Gasteiger partial charge >= 0.3 is 0 Å². The predicted molar refractivity (Wildman–Crippen MR) is 56.0 cm³/mol. The quantitative estimate of drug-likeness (QED) is 0.679. The Balaban J connectivity index is 0. The highest BCUT2D eigenvalue weighted by Gasteiger charge is 2.00. The van der Waals surface area contributed by atoms with E-state index in [-0.39, 0.29) is 12.3 Å². The maximum Gasteiger partial charge on any atom is 0.0438 e. The Morgan fingerprint density at radius 2 is 1.08 bits per heavy atom. The summed E-state index contributed by atoms with van der Waals surface area (Å²) < 4.78 is 0. The summed E-state index contributed by atoms with van der Waals surface area (Å²) in [4.78, 5) is 0. The molecule has 0 spiro atoms. The SMILES string of the molecule is Cc1c(Cl)ccc(Cl)c1C.N.N. The largest absolute Gasteiger partial charge is 0.344 e. The van der Waals surface area contributed by atoms with Crippen LogP contribution in [0.4, 0.5) is 0 Å². The Bertz CT molecular complexity index is 234. The molecule has 2 nitrogen and oxygen atoms in total. The van der Waals surface area contributed by atoms with Gasteiger partial charge in [0.25, 0.3) is 0 Å². The van der Waals surface area contributed by atoms with E-state index in [9.17, 15) is 0 Å². The maximum atomic E-state index is 5.83. The number of hydrogen-bond donors (Lipinski definition) is 2. The van der Waals surface area contributed by atoms with Gasteiger partial charge in [0, 0.05) is 10.0 Å². The van der Waals surface area contributed by atoms with Crippen LogP contribution in [-0.4, -0.2) is 0 Å². The first kappa shape index (κ1) is 14.3. The molecule has 0 aromatic heterocycles. The zero-order chi connectivity index (χ0) is 7.72. The van der Waals surface area contributed by atoms with Crippen LogP contribution in [0.25, 0.3) is 0 Å². The van der Waals surface area contributed by atoms with E-state index in [4.69, 9.17) is 23.2 Å². The van der Waals surface area contributed by atoms with Gasteiger partial charge in [-0.3, -0.25) is 0 Å². The third-order valence-corrected chi connectivity index (χ3v) is 2.47. The summed E-state index contributed by atoms with van der Waals surface area (Å²) in [7, 11) is 0. The van der Waals surface area contributed by atoms with E-state index in [1.165, 1.54) is 0 Å². The van der Waals surface area contributed by atoms with Crippen LogP contribution in [0.3, 0.4) is 0 Å². The molecule has 1 aromatic carbocycles. The highest BCUT2D eigenvalue weighted by Crippen LogP contribution is 2.24. The van der Waals surface area contributed by atoms with Crippen LogP contribution in [-0.2, 0) is 0 Å². The smallest absolute Gasteiger partial charge is 0.0438 e. The lowest BCUT2D eigenvalue weighted by atomic mass is 10.1.